The molecule has 1 aliphatic carbocycles. The molecule has 0 nitrogen and oxygen atoms in total. The minimum Gasteiger partial charge on any atom is -0.207 e. The predicted octanol–water partition coefficient (Wildman–Crippen LogP) is 2.09. The van der Waals surface area contributed by atoms with Crippen LogP contribution in [0.5, 0.6) is 0 Å². The Morgan fingerprint density at radius 3 is 3.20 bits per heavy atom. The minimum atomic E-state index is -0.179. The average Bonchev–Trinajstić information content (AvgIpc) is 2.33. The van der Waals surface area contributed by atoms with Gasteiger partial charge >= 0.3 is 0 Å². The zero-order chi connectivity index (χ0) is 6.97. The van der Waals surface area contributed by atoms with Gasteiger partial charge in [0.2, 0.25) is 0 Å². The number of rotatable bonds is 0. The van der Waals surface area contributed by atoms with Crippen molar-refractivity contribution in [3.05, 3.63) is 47.3 Å². The molecule has 0 saturated carbocycles. The fourth-order valence-corrected chi connectivity index (χ4v) is 1.13. The summed E-state index contributed by atoms with van der Waals surface area (Å²) < 4.78 is 12.5. The van der Waals surface area contributed by atoms with Crippen LogP contribution >= 0.6 is 0 Å². The van der Waals surface area contributed by atoms with E-state index in [2.05, 4.69) is 6.08 Å². The van der Waals surface area contributed by atoms with Crippen molar-refractivity contribution in [2.24, 2.45) is 0 Å². The first-order valence-electron chi connectivity index (χ1n) is 3.23. The molecule has 0 spiro atoms. The molecule has 2 rings (SSSR count). The Hall–Kier alpha value is -1.11. The van der Waals surface area contributed by atoms with Crippen molar-refractivity contribution in [2.75, 3.05) is 0 Å². The number of fused-ring (bicyclic) bond motifs is 1. The molecule has 0 aromatic heterocycles. The Morgan fingerprint density at radius 1 is 1.40 bits per heavy atom. The average molecular weight is 133 g/mol. The second kappa shape index (κ2) is 1.94. The molecule has 0 bridgehead atoms. The standard InChI is InChI=1S/C9H6F/c10-9-5-4-7-2-1-3-8(7)6-9/h1,4-6H,2H2. The van der Waals surface area contributed by atoms with Gasteiger partial charge in [-0.1, -0.05) is 12.1 Å². The van der Waals surface area contributed by atoms with E-state index in [1.165, 1.54) is 17.7 Å². The zero-order valence-corrected chi connectivity index (χ0v) is 5.39. The van der Waals surface area contributed by atoms with Gasteiger partial charge in [-0.3, -0.25) is 0 Å². The van der Waals surface area contributed by atoms with E-state index in [-0.39, 0.29) is 5.82 Å². The van der Waals surface area contributed by atoms with E-state index < -0.39 is 0 Å². The first-order chi connectivity index (χ1) is 4.86. The monoisotopic (exact) mass is 133 g/mol. The number of benzene rings is 1. The van der Waals surface area contributed by atoms with Gasteiger partial charge in [0.25, 0.3) is 0 Å². The molecule has 0 unspecified atom stereocenters. The van der Waals surface area contributed by atoms with Gasteiger partial charge in [0.1, 0.15) is 5.82 Å². The fraction of sp³-hybridized carbons (Fsp3) is 0.111. The summed E-state index contributed by atoms with van der Waals surface area (Å²) in [6.07, 6.45) is 5.80. The summed E-state index contributed by atoms with van der Waals surface area (Å²) >= 11 is 0. The second-order valence-corrected chi connectivity index (χ2v) is 2.35. The van der Waals surface area contributed by atoms with Gasteiger partial charge in [0, 0.05) is 0 Å². The summed E-state index contributed by atoms with van der Waals surface area (Å²) in [6, 6.07) is 4.81. The first kappa shape index (κ1) is 5.66. The van der Waals surface area contributed by atoms with E-state index in [0.717, 1.165) is 12.0 Å². The van der Waals surface area contributed by atoms with Gasteiger partial charge in [0.15, 0.2) is 0 Å². The van der Waals surface area contributed by atoms with Gasteiger partial charge in [0.05, 0.1) is 0 Å². The zero-order valence-electron chi connectivity index (χ0n) is 5.39. The molecule has 0 heterocycles. The minimum absolute atomic E-state index is 0.179. The van der Waals surface area contributed by atoms with Crippen molar-refractivity contribution in [2.45, 2.75) is 6.42 Å². The number of hydrogen-bond donors (Lipinski definition) is 0. The van der Waals surface area contributed by atoms with Crippen molar-refractivity contribution in [1.82, 2.24) is 0 Å². The molecule has 0 saturated heterocycles. The molecule has 49 valence electrons. The summed E-state index contributed by atoms with van der Waals surface area (Å²) in [6.45, 7) is 0. The molecule has 0 atom stereocenters. The van der Waals surface area contributed by atoms with Crippen LogP contribution in [0.4, 0.5) is 4.39 Å². The molecular formula is C9H6F. The van der Waals surface area contributed by atoms with Gasteiger partial charge < -0.3 is 0 Å². The van der Waals surface area contributed by atoms with Crippen LogP contribution in [-0.4, -0.2) is 0 Å². The Balaban J connectivity index is 2.60. The smallest absolute Gasteiger partial charge is 0.123 e. The summed E-state index contributed by atoms with van der Waals surface area (Å²) in [5.41, 5.74) is 2.07. The van der Waals surface area contributed by atoms with E-state index in [4.69, 9.17) is 0 Å². The number of halogens is 1. The largest absolute Gasteiger partial charge is 0.207 e. The third-order valence-electron chi connectivity index (χ3n) is 1.65. The van der Waals surface area contributed by atoms with Crippen LogP contribution in [0.1, 0.15) is 11.1 Å². The molecule has 0 fully saturated rings. The van der Waals surface area contributed by atoms with E-state index >= 15 is 0 Å². The van der Waals surface area contributed by atoms with Crippen LogP contribution in [-0.2, 0) is 6.42 Å². The molecule has 1 aliphatic rings. The molecule has 0 N–H and O–H groups in total. The Kier molecular flexibility index (Phi) is 1.10. The topological polar surface area (TPSA) is 0 Å². The van der Waals surface area contributed by atoms with Crippen LogP contribution in [0.15, 0.2) is 24.3 Å². The third kappa shape index (κ3) is 0.747. The quantitative estimate of drug-likeness (QED) is 0.508. The lowest BCUT2D eigenvalue weighted by Gasteiger charge is -1.95. The van der Waals surface area contributed by atoms with Gasteiger partial charge in [-0.15, -0.1) is 0 Å². The molecule has 1 aromatic rings. The summed E-state index contributed by atoms with van der Waals surface area (Å²) in [5.74, 6) is -0.179. The summed E-state index contributed by atoms with van der Waals surface area (Å²) in [7, 11) is 0. The lowest BCUT2D eigenvalue weighted by atomic mass is 10.1. The lowest BCUT2D eigenvalue weighted by Crippen LogP contribution is -1.82. The molecule has 0 aliphatic heterocycles. The highest BCUT2D eigenvalue weighted by atomic mass is 19.1. The highest BCUT2D eigenvalue weighted by Crippen LogP contribution is 2.17. The van der Waals surface area contributed by atoms with Crippen LogP contribution < -0.4 is 0 Å². The summed E-state index contributed by atoms with van der Waals surface area (Å²) in [5, 5.41) is 0. The van der Waals surface area contributed by atoms with Crippen molar-refractivity contribution in [1.29, 1.82) is 0 Å². The molecule has 1 heteroatoms. The number of hydrogen-bond acceptors (Lipinski definition) is 0. The molecule has 10 heavy (non-hydrogen) atoms. The lowest BCUT2D eigenvalue weighted by molar-refractivity contribution is 0.626. The van der Waals surface area contributed by atoms with E-state index in [9.17, 15) is 4.39 Å². The van der Waals surface area contributed by atoms with Crippen molar-refractivity contribution in [3.8, 4) is 0 Å². The van der Waals surface area contributed by atoms with E-state index in [1.54, 1.807) is 6.07 Å². The first-order valence-corrected chi connectivity index (χ1v) is 3.23. The maximum absolute atomic E-state index is 12.5. The van der Waals surface area contributed by atoms with Gasteiger partial charge in [-0.05, 0) is 35.8 Å². The van der Waals surface area contributed by atoms with Crippen molar-refractivity contribution >= 4 is 0 Å². The SMILES string of the molecule is Fc1ccc2c(c1)[C]=CC2. The van der Waals surface area contributed by atoms with Crippen LogP contribution in [0.3, 0.4) is 0 Å². The maximum atomic E-state index is 12.5. The molecule has 1 aromatic carbocycles. The van der Waals surface area contributed by atoms with Crippen molar-refractivity contribution in [3.63, 3.8) is 0 Å². The Bertz CT molecular complexity index is 287. The molecule has 1 radical (unpaired) electrons. The van der Waals surface area contributed by atoms with E-state index in [0.29, 0.717) is 0 Å². The van der Waals surface area contributed by atoms with Gasteiger partial charge in [-0.25, -0.2) is 4.39 Å². The Morgan fingerprint density at radius 2 is 2.30 bits per heavy atom. The van der Waals surface area contributed by atoms with Gasteiger partial charge in [-0.2, -0.15) is 0 Å². The molecular weight excluding hydrogens is 127 g/mol. The number of allylic oxidation sites excluding steroid dienone is 1. The Labute approximate surface area is 59.0 Å². The highest BCUT2D eigenvalue weighted by Gasteiger charge is 2.04. The maximum Gasteiger partial charge on any atom is 0.123 e. The van der Waals surface area contributed by atoms with Crippen LogP contribution in [0, 0.1) is 11.9 Å². The second-order valence-electron chi connectivity index (χ2n) is 2.35. The molecule has 0 amide bonds. The van der Waals surface area contributed by atoms with E-state index in [1.807, 2.05) is 6.08 Å². The van der Waals surface area contributed by atoms with Crippen molar-refractivity contribution < 1.29 is 4.39 Å². The summed E-state index contributed by atoms with van der Waals surface area (Å²) in [4.78, 5) is 0. The normalized spacial score (nSPS) is 13.7. The third-order valence-corrected chi connectivity index (χ3v) is 1.65. The van der Waals surface area contributed by atoms with Crippen LogP contribution in [0.25, 0.3) is 0 Å². The fourth-order valence-electron chi connectivity index (χ4n) is 1.13. The predicted molar refractivity (Wildman–Crippen MR) is 37.0 cm³/mol. The highest BCUT2D eigenvalue weighted by molar-refractivity contribution is 5.38. The van der Waals surface area contributed by atoms with Crippen LogP contribution in [0.2, 0.25) is 0 Å².